The molecule has 1 heterocycles. The van der Waals surface area contributed by atoms with Gasteiger partial charge in [0.1, 0.15) is 5.75 Å². The third-order valence-corrected chi connectivity index (χ3v) is 3.42. The molecule has 0 radical (unpaired) electrons. The Morgan fingerprint density at radius 3 is 2.67 bits per heavy atom. The highest BCUT2D eigenvalue weighted by molar-refractivity contribution is 9.10. The largest absolute Gasteiger partial charge is 0.484 e. The number of rotatable bonds is 6. The van der Waals surface area contributed by atoms with Crippen molar-refractivity contribution in [2.45, 2.75) is 13.3 Å². The number of hydrogen-bond acceptors (Lipinski definition) is 3. The maximum absolute atomic E-state index is 11.7. The minimum absolute atomic E-state index is 0.0216. The van der Waals surface area contributed by atoms with Crippen LogP contribution in [0.15, 0.2) is 47.1 Å². The fourth-order valence-corrected chi connectivity index (χ4v) is 1.99. The van der Waals surface area contributed by atoms with Gasteiger partial charge in [-0.25, -0.2) is 0 Å². The number of nitrogens with one attached hydrogen (secondary N) is 1. The van der Waals surface area contributed by atoms with Crippen LogP contribution < -0.4 is 10.1 Å². The Labute approximate surface area is 132 Å². The van der Waals surface area contributed by atoms with Crippen molar-refractivity contribution in [1.82, 2.24) is 10.3 Å². The highest BCUT2D eigenvalue weighted by Crippen LogP contribution is 2.15. The molecule has 0 spiro atoms. The zero-order chi connectivity index (χ0) is 15.1. The first-order valence-electron chi connectivity index (χ1n) is 6.70. The fourth-order valence-electron chi connectivity index (χ4n) is 1.72. The van der Waals surface area contributed by atoms with Crippen molar-refractivity contribution >= 4 is 21.8 Å². The van der Waals surface area contributed by atoms with E-state index in [2.05, 4.69) is 26.2 Å². The second kappa shape index (κ2) is 7.78. The Bertz CT molecular complexity index is 582. The van der Waals surface area contributed by atoms with E-state index in [1.54, 1.807) is 0 Å². The molecule has 2 rings (SSSR count). The molecule has 0 unspecified atom stereocenters. The molecule has 0 saturated heterocycles. The van der Waals surface area contributed by atoms with Gasteiger partial charge in [0.15, 0.2) is 6.61 Å². The number of ether oxygens (including phenoxy) is 1. The maximum Gasteiger partial charge on any atom is 0.257 e. The van der Waals surface area contributed by atoms with Gasteiger partial charge in [0.25, 0.3) is 5.91 Å². The standard InChI is InChI=1S/C16H17BrN2O2/c1-12-2-3-13(10-19-12)8-9-18-16(20)11-21-15-6-4-14(17)5-7-15/h2-7,10H,8-9,11H2,1H3,(H,18,20). The summed E-state index contributed by atoms with van der Waals surface area (Å²) < 4.78 is 6.37. The number of hydrogen-bond donors (Lipinski definition) is 1. The van der Waals surface area contributed by atoms with E-state index in [0.29, 0.717) is 12.3 Å². The number of benzene rings is 1. The van der Waals surface area contributed by atoms with Crippen LogP contribution in [0.3, 0.4) is 0 Å². The highest BCUT2D eigenvalue weighted by Gasteiger charge is 2.02. The van der Waals surface area contributed by atoms with Gasteiger partial charge in [0.05, 0.1) is 0 Å². The third-order valence-electron chi connectivity index (χ3n) is 2.89. The predicted octanol–water partition coefficient (Wildman–Crippen LogP) is 2.89. The lowest BCUT2D eigenvalue weighted by molar-refractivity contribution is -0.123. The maximum atomic E-state index is 11.7. The van der Waals surface area contributed by atoms with Crippen molar-refractivity contribution in [1.29, 1.82) is 0 Å². The first-order chi connectivity index (χ1) is 10.1. The lowest BCUT2D eigenvalue weighted by Gasteiger charge is -2.07. The van der Waals surface area contributed by atoms with Gasteiger partial charge in [-0.3, -0.25) is 9.78 Å². The van der Waals surface area contributed by atoms with Crippen LogP contribution in [0.5, 0.6) is 5.75 Å². The van der Waals surface area contributed by atoms with Crippen LogP contribution in [0.2, 0.25) is 0 Å². The van der Waals surface area contributed by atoms with Gasteiger partial charge in [-0.05, 0) is 49.2 Å². The molecule has 1 aromatic carbocycles. The van der Waals surface area contributed by atoms with Crippen molar-refractivity contribution in [3.05, 3.63) is 58.3 Å². The van der Waals surface area contributed by atoms with Crippen molar-refractivity contribution in [3.8, 4) is 5.75 Å². The van der Waals surface area contributed by atoms with E-state index in [-0.39, 0.29) is 12.5 Å². The van der Waals surface area contributed by atoms with Crippen LogP contribution in [0, 0.1) is 6.92 Å². The zero-order valence-corrected chi connectivity index (χ0v) is 13.4. The average molecular weight is 349 g/mol. The SMILES string of the molecule is Cc1ccc(CCNC(=O)COc2ccc(Br)cc2)cn1. The molecule has 110 valence electrons. The smallest absolute Gasteiger partial charge is 0.257 e. The van der Waals surface area contributed by atoms with E-state index in [9.17, 15) is 4.79 Å². The van der Waals surface area contributed by atoms with Gasteiger partial charge in [0.2, 0.25) is 0 Å². The number of halogens is 1. The van der Waals surface area contributed by atoms with E-state index >= 15 is 0 Å². The molecule has 0 aliphatic carbocycles. The van der Waals surface area contributed by atoms with Crippen molar-refractivity contribution in [3.63, 3.8) is 0 Å². The van der Waals surface area contributed by atoms with Crippen LogP contribution in [0.25, 0.3) is 0 Å². The first-order valence-corrected chi connectivity index (χ1v) is 7.49. The molecule has 1 amide bonds. The van der Waals surface area contributed by atoms with Gasteiger partial charge in [-0.2, -0.15) is 0 Å². The van der Waals surface area contributed by atoms with E-state index < -0.39 is 0 Å². The summed E-state index contributed by atoms with van der Waals surface area (Å²) in [6.07, 6.45) is 2.59. The second-order valence-electron chi connectivity index (χ2n) is 4.65. The second-order valence-corrected chi connectivity index (χ2v) is 5.57. The lowest BCUT2D eigenvalue weighted by Crippen LogP contribution is -2.30. The van der Waals surface area contributed by atoms with Crippen LogP contribution in [-0.2, 0) is 11.2 Å². The monoisotopic (exact) mass is 348 g/mol. The molecule has 2 aromatic rings. The van der Waals surface area contributed by atoms with E-state index in [0.717, 1.165) is 22.2 Å². The van der Waals surface area contributed by atoms with Crippen molar-refractivity contribution < 1.29 is 9.53 Å². The number of pyridine rings is 1. The molecular weight excluding hydrogens is 332 g/mol. The molecular formula is C16H17BrN2O2. The van der Waals surface area contributed by atoms with E-state index in [1.807, 2.05) is 49.5 Å². The molecule has 0 aliphatic rings. The molecule has 4 nitrogen and oxygen atoms in total. The molecule has 0 bridgehead atoms. The summed E-state index contributed by atoms with van der Waals surface area (Å²) in [4.78, 5) is 15.9. The minimum Gasteiger partial charge on any atom is -0.484 e. The Kier molecular flexibility index (Phi) is 5.75. The highest BCUT2D eigenvalue weighted by atomic mass is 79.9. The van der Waals surface area contributed by atoms with Gasteiger partial charge >= 0.3 is 0 Å². The topological polar surface area (TPSA) is 51.2 Å². The van der Waals surface area contributed by atoms with Gasteiger partial charge in [0, 0.05) is 22.9 Å². The summed E-state index contributed by atoms with van der Waals surface area (Å²) in [5.74, 6) is 0.550. The van der Waals surface area contributed by atoms with Crippen molar-refractivity contribution in [2.24, 2.45) is 0 Å². The number of carbonyl (C=O) groups excluding carboxylic acids is 1. The molecule has 5 heteroatoms. The molecule has 0 aliphatic heterocycles. The summed E-state index contributed by atoms with van der Waals surface area (Å²) in [5, 5.41) is 2.83. The van der Waals surface area contributed by atoms with Crippen LogP contribution >= 0.6 is 15.9 Å². The number of aromatic nitrogens is 1. The molecule has 1 N–H and O–H groups in total. The Morgan fingerprint density at radius 1 is 1.24 bits per heavy atom. The van der Waals surface area contributed by atoms with E-state index in [4.69, 9.17) is 4.74 Å². The number of carbonyl (C=O) groups is 1. The normalized spacial score (nSPS) is 10.2. The summed E-state index contributed by atoms with van der Waals surface area (Å²) in [7, 11) is 0. The van der Waals surface area contributed by atoms with Crippen LogP contribution in [-0.4, -0.2) is 24.0 Å². The lowest BCUT2D eigenvalue weighted by atomic mass is 10.2. The molecule has 0 atom stereocenters. The van der Waals surface area contributed by atoms with E-state index in [1.165, 1.54) is 0 Å². The first kappa shape index (κ1) is 15.5. The van der Waals surface area contributed by atoms with Crippen LogP contribution in [0.4, 0.5) is 0 Å². The predicted molar refractivity (Wildman–Crippen MR) is 85.3 cm³/mol. The zero-order valence-electron chi connectivity index (χ0n) is 11.8. The van der Waals surface area contributed by atoms with Crippen molar-refractivity contribution in [2.75, 3.05) is 13.2 Å². The minimum atomic E-state index is -0.127. The van der Waals surface area contributed by atoms with Crippen LogP contribution in [0.1, 0.15) is 11.3 Å². The number of amides is 1. The summed E-state index contributed by atoms with van der Waals surface area (Å²) >= 11 is 3.35. The van der Waals surface area contributed by atoms with Gasteiger partial charge in [-0.15, -0.1) is 0 Å². The molecule has 0 fully saturated rings. The molecule has 1 aromatic heterocycles. The summed E-state index contributed by atoms with van der Waals surface area (Å²) in [6.45, 7) is 2.55. The Balaban J connectivity index is 1.67. The van der Waals surface area contributed by atoms with Gasteiger partial charge in [-0.1, -0.05) is 22.0 Å². The fraction of sp³-hybridized carbons (Fsp3) is 0.250. The Hall–Kier alpha value is -1.88. The Morgan fingerprint density at radius 2 is 2.00 bits per heavy atom. The molecule has 21 heavy (non-hydrogen) atoms. The number of aryl methyl sites for hydroxylation is 1. The third kappa shape index (κ3) is 5.55. The molecule has 0 saturated carbocycles. The summed E-state index contributed by atoms with van der Waals surface area (Å²) in [5.41, 5.74) is 2.10. The summed E-state index contributed by atoms with van der Waals surface area (Å²) in [6, 6.07) is 11.4. The average Bonchev–Trinajstić information content (AvgIpc) is 2.49. The quantitative estimate of drug-likeness (QED) is 0.873. The van der Waals surface area contributed by atoms with Gasteiger partial charge < -0.3 is 10.1 Å². The number of nitrogens with zero attached hydrogens (tertiary/aromatic N) is 1.